The van der Waals surface area contributed by atoms with Crippen LogP contribution in [0.3, 0.4) is 0 Å². The fourth-order valence-electron chi connectivity index (χ4n) is 2.69. The molecular weight excluding hydrogens is 272 g/mol. The summed E-state index contributed by atoms with van der Waals surface area (Å²) in [7, 11) is 0. The Hall–Kier alpha value is -2.37. The number of carboxylic acid groups (broad SMARTS) is 1. The molecule has 0 saturated heterocycles. The molecule has 0 spiro atoms. The van der Waals surface area contributed by atoms with Gasteiger partial charge in [-0.3, -0.25) is 9.59 Å². The van der Waals surface area contributed by atoms with Crippen molar-refractivity contribution in [3.05, 3.63) is 44.5 Å². The molecule has 0 aliphatic heterocycles. The van der Waals surface area contributed by atoms with Gasteiger partial charge in [0.05, 0.1) is 16.6 Å². The highest BCUT2D eigenvalue weighted by Gasteiger charge is 2.45. The predicted molar refractivity (Wildman–Crippen MR) is 77.7 cm³/mol. The first kappa shape index (κ1) is 13.6. The van der Waals surface area contributed by atoms with E-state index in [2.05, 4.69) is 18.8 Å². The predicted octanol–water partition coefficient (Wildman–Crippen LogP) is 1.43. The summed E-state index contributed by atoms with van der Waals surface area (Å²) in [6.07, 6.45) is 0.992. The van der Waals surface area contributed by atoms with Gasteiger partial charge in [0.25, 0.3) is 0 Å². The van der Waals surface area contributed by atoms with Crippen molar-refractivity contribution in [1.29, 1.82) is 0 Å². The summed E-state index contributed by atoms with van der Waals surface area (Å²) in [6.45, 7) is 4.66. The number of rotatable bonds is 3. The van der Waals surface area contributed by atoms with E-state index in [4.69, 9.17) is 5.11 Å². The Morgan fingerprint density at radius 2 is 2.10 bits per heavy atom. The van der Waals surface area contributed by atoms with E-state index in [1.807, 2.05) is 0 Å². The molecule has 1 aromatic heterocycles. The molecule has 0 bridgehead atoms. The lowest BCUT2D eigenvalue weighted by atomic mass is 10.1. The molecular formula is C15H16N2O4. The molecule has 1 aromatic carbocycles. The average molecular weight is 288 g/mol. The number of carbonyl (C=O) groups is 1. The number of aromatic carboxylic acids is 1. The van der Waals surface area contributed by atoms with Crippen molar-refractivity contribution in [2.24, 2.45) is 11.3 Å². The van der Waals surface area contributed by atoms with Crippen molar-refractivity contribution >= 4 is 17.0 Å². The van der Waals surface area contributed by atoms with Gasteiger partial charge in [-0.1, -0.05) is 13.8 Å². The third-order valence-electron chi connectivity index (χ3n) is 4.34. The summed E-state index contributed by atoms with van der Waals surface area (Å²) in [5, 5.41) is 9.08. The quantitative estimate of drug-likeness (QED) is 0.836. The number of hydrogen-bond acceptors (Lipinski definition) is 3. The third kappa shape index (κ3) is 2.26. The molecule has 2 N–H and O–H groups in total. The Kier molecular flexibility index (Phi) is 2.79. The van der Waals surface area contributed by atoms with Crippen LogP contribution in [-0.4, -0.2) is 20.6 Å². The summed E-state index contributed by atoms with van der Waals surface area (Å²) >= 11 is 0. The maximum absolute atomic E-state index is 12.1. The Morgan fingerprint density at radius 3 is 2.67 bits per heavy atom. The van der Waals surface area contributed by atoms with E-state index < -0.39 is 17.1 Å². The van der Waals surface area contributed by atoms with Gasteiger partial charge in [-0.25, -0.2) is 4.79 Å². The molecule has 3 rings (SSSR count). The highest BCUT2D eigenvalue weighted by molar-refractivity contribution is 5.92. The van der Waals surface area contributed by atoms with Gasteiger partial charge in [0.1, 0.15) is 0 Å². The number of carboxylic acids is 1. The van der Waals surface area contributed by atoms with E-state index in [1.54, 1.807) is 0 Å². The molecule has 6 heteroatoms. The molecule has 1 atom stereocenters. The lowest BCUT2D eigenvalue weighted by Crippen LogP contribution is -2.37. The molecule has 1 aliphatic rings. The van der Waals surface area contributed by atoms with E-state index >= 15 is 0 Å². The topological polar surface area (TPSA) is 92.2 Å². The Labute approximate surface area is 120 Å². The van der Waals surface area contributed by atoms with Gasteiger partial charge >= 0.3 is 17.1 Å². The highest BCUT2D eigenvalue weighted by Crippen LogP contribution is 2.52. The number of aromatic amines is 1. The molecule has 21 heavy (non-hydrogen) atoms. The summed E-state index contributed by atoms with van der Waals surface area (Å²) < 4.78 is 1.40. The molecule has 1 fully saturated rings. The van der Waals surface area contributed by atoms with Crippen LogP contribution in [-0.2, 0) is 6.54 Å². The summed E-state index contributed by atoms with van der Waals surface area (Å²) in [5.41, 5.74) is -0.113. The van der Waals surface area contributed by atoms with Crippen molar-refractivity contribution in [2.75, 3.05) is 0 Å². The lowest BCUT2D eigenvalue weighted by molar-refractivity contribution is 0.0697. The molecule has 1 aliphatic carbocycles. The molecule has 1 saturated carbocycles. The van der Waals surface area contributed by atoms with Crippen LogP contribution in [0.25, 0.3) is 11.0 Å². The van der Waals surface area contributed by atoms with E-state index in [9.17, 15) is 14.4 Å². The second-order valence-corrected chi connectivity index (χ2v) is 6.30. The Morgan fingerprint density at radius 1 is 1.43 bits per heavy atom. The van der Waals surface area contributed by atoms with Gasteiger partial charge in [-0.05, 0) is 36.0 Å². The Bertz CT molecular complexity index is 860. The summed E-state index contributed by atoms with van der Waals surface area (Å²) in [4.78, 5) is 37.4. The average Bonchev–Trinajstić information content (AvgIpc) is 3.01. The molecule has 110 valence electrons. The van der Waals surface area contributed by atoms with Gasteiger partial charge in [-0.2, -0.15) is 0 Å². The summed E-state index contributed by atoms with van der Waals surface area (Å²) in [6, 6.07) is 4.37. The minimum Gasteiger partial charge on any atom is -0.478 e. The van der Waals surface area contributed by atoms with Crippen LogP contribution >= 0.6 is 0 Å². The molecule has 0 amide bonds. The van der Waals surface area contributed by atoms with Crippen LogP contribution in [0.2, 0.25) is 0 Å². The summed E-state index contributed by atoms with van der Waals surface area (Å²) in [5.74, 6) is -0.734. The maximum atomic E-state index is 12.1. The van der Waals surface area contributed by atoms with Crippen LogP contribution < -0.4 is 11.1 Å². The van der Waals surface area contributed by atoms with E-state index in [-0.39, 0.29) is 11.0 Å². The largest absolute Gasteiger partial charge is 0.478 e. The molecule has 1 heterocycles. The molecule has 0 radical (unpaired) electrons. The zero-order valence-electron chi connectivity index (χ0n) is 11.8. The van der Waals surface area contributed by atoms with Crippen LogP contribution in [0.15, 0.2) is 27.8 Å². The van der Waals surface area contributed by atoms with Gasteiger partial charge in [0, 0.05) is 6.54 Å². The van der Waals surface area contributed by atoms with Crippen LogP contribution in [0, 0.1) is 11.3 Å². The van der Waals surface area contributed by atoms with Gasteiger partial charge in [-0.15, -0.1) is 0 Å². The first-order valence-electron chi connectivity index (χ1n) is 6.80. The fourth-order valence-corrected chi connectivity index (χ4v) is 2.69. The van der Waals surface area contributed by atoms with Crippen molar-refractivity contribution in [1.82, 2.24) is 9.55 Å². The number of hydrogen-bond donors (Lipinski definition) is 2. The normalized spacial score (nSPS) is 19.6. The minimum absolute atomic E-state index is 0.0951. The van der Waals surface area contributed by atoms with Crippen LogP contribution in [0.4, 0.5) is 0 Å². The van der Waals surface area contributed by atoms with Gasteiger partial charge in [0.2, 0.25) is 0 Å². The van der Waals surface area contributed by atoms with E-state index in [1.165, 1.54) is 22.8 Å². The minimum atomic E-state index is -1.06. The number of benzene rings is 1. The van der Waals surface area contributed by atoms with Crippen LogP contribution in [0.1, 0.15) is 30.6 Å². The van der Waals surface area contributed by atoms with Crippen molar-refractivity contribution < 1.29 is 9.90 Å². The second-order valence-electron chi connectivity index (χ2n) is 6.30. The van der Waals surface area contributed by atoms with Crippen molar-refractivity contribution in [3.63, 3.8) is 0 Å². The lowest BCUT2D eigenvalue weighted by Gasteiger charge is -2.11. The molecule has 1 unspecified atom stereocenters. The fraction of sp³-hybridized carbons (Fsp3) is 0.400. The monoisotopic (exact) mass is 288 g/mol. The zero-order valence-corrected chi connectivity index (χ0v) is 11.8. The third-order valence-corrected chi connectivity index (χ3v) is 4.34. The second kappa shape index (κ2) is 4.31. The molecule has 6 nitrogen and oxygen atoms in total. The SMILES string of the molecule is CC1(C)CC1Cn1c(=O)c(=O)[nH]c2ccc(C(=O)O)cc21. The van der Waals surface area contributed by atoms with Gasteiger partial charge in [0.15, 0.2) is 0 Å². The highest BCUT2D eigenvalue weighted by atomic mass is 16.4. The smallest absolute Gasteiger partial charge is 0.335 e. The van der Waals surface area contributed by atoms with Crippen LogP contribution in [0.5, 0.6) is 0 Å². The van der Waals surface area contributed by atoms with Crippen molar-refractivity contribution in [2.45, 2.75) is 26.8 Å². The number of fused-ring (bicyclic) bond motifs is 1. The number of nitrogens with one attached hydrogen (secondary N) is 1. The van der Waals surface area contributed by atoms with E-state index in [0.29, 0.717) is 23.5 Å². The number of H-pyrrole nitrogens is 1. The zero-order chi connectivity index (χ0) is 15.4. The number of aromatic nitrogens is 2. The maximum Gasteiger partial charge on any atom is 0.335 e. The van der Waals surface area contributed by atoms with Gasteiger partial charge < -0.3 is 14.7 Å². The standard InChI is InChI=1S/C15H16N2O4/c1-15(2)6-9(15)7-17-11-5-8(14(20)21)3-4-10(11)16-12(18)13(17)19/h3-5,9H,6-7H2,1-2H3,(H,16,18)(H,20,21). The van der Waals surface area contributed by atoms with Crippen molar-refractivity contribution in [3.8, 4) is 0 Å². The number of nitrogens with zero attached hydrogens (tertiary/aromatic N) is 1. The first-order chi connectivity index (χ1) is 9.79. The van der Waals surface area contributed by atoms with E-state index in [0.717, 1.165) is 6.42 Å². The Balaban J connectivity index is 2.21. The first-order valence-corrected chi connectivity index (χ1v) is 6.80. The molecule has 2 aromatic rings.